The summed E-state index contributed by atoms with van der Waals surface area (Å²) in [6, 6.07) is 31.3. The van der Waals surface area contributed by atoms with Crippen molar-refractivity contribution in [2.45, 2.75) is 349 Å². The Balaban J connectivity index is 11.5. The van der Waals surface area contributed by atoms with Crippen molar-refractivity contribution in [2.24, 2.45) is 0 Å². The van der Waals surface area contributed by atoms with E-state index in [1.165, 1.54) is 116 Å². The van der Waals surface area contributed by atoms with Crippen molar-refractivity contribution in [1.82, 2.24) is 0 Å². The van der Waals surface area contributed by atoms with E-state index in [1.807, 2.05) is 0 Å². The monoisotopic (exact) mass is 1120 g/mol. The van der Waals surface area contributed by atoms with Gasteiger partial charge in [0.1, 0.15) is 0 Å². The summed E-state index contributed by atoms with van der Waals surface area (Å²) < 4.78 is 1.85. The minimum atomic E-state index is -1.86. The second-order valence-corrected chi connectivity index (χ2v) is 66.7. The summed E-state index contributed by atoms with van der Waals surface area (Å²) in [5, 5.41) is 0. The molecule has 0 rings (SSSR count). The Morgan fingerprint density at radius 1 is 0.175 bits per heavy atom. The SMILES string of the molecule is CCC[Si](CCC)(CCC)[C]([Sm][C]([Si](CCC)(CCC)CCC)([Si](CCC)(CCC)CCC)[Si](CCC)(CCC)CCC)([Si](CCC)(CCC)CCC)[Si](CCC)(CCC)CCC. The van der Waals surface area contributed by atoms with Crippen LogP contribution in [0.15, 0.2) is 0 Å². The molecule has 0 aliphatic heterocycles. The van der Waals surface area contributed by atoms with E-state index in [0.717, 1.165) is -0.000499 Å². The van der Waals surface area contributed by atoms with E-state index in [1.54, 1.807) is 109 Å². The van der Waals surface area contributed by atoms with Gasteiger partial charge in [-0.15, -0.1) is 0 Å². The molecule has 0 aromatic carbocycles. The van der Waals surface area contributed by atoms with Crippen molar-refractivity contribution in [3.05, 3.63) is 0 Å². The average molecular weight is 1120 g/mol. The summed E-state index contributed by atoms with van der Waals surface area (Å²) >= 11 is -1.10. The van der Waals surface area contributed by atoms with Gasteiger partial charge in [0.2, 0.25) is 0 Å². The topological polar surface area (TPSA) is 0 Å². The molecule has 0 saturated carbocycles. The first-order valence-corrected chi connectivity index (χ1v) is 48.3. The van der Waals surface area contributed by atoms with Crippen LogP contribution in [0.3, 0.4) is 0 Å². The van der Waals surface area contributed by atoms with Crippen LogP contribution in [0.4, 0.5) is 0 Å². The molecule has 63 heavy (non-hydrogen) atoms. The zero-order chi connectivity index (χ0) is 48.2. The van der Waals surface area contributed by atoms with Gasteiger partial charge in [0.25, 0.3) is 0 Å². The van der Waals surface area contributed by atoms with E-state index in [9.17, 15) is 0 Å². The predicted octanol–water partition coefficient (Wildman–Crippen LogP) is 22.7. The average Bonchev–Trinajstić information content (AvgIpc) is 3.23. The van der Waals surface area contributed by atoms with Gasteiger partial charge in [0, 0.05) is 0 Å². The third-order valence-corrected chi connectivity index (χ3v) is 104. The van der Waals surface area contributed by atoms with Gasteiger partial charge in [-0.25, -0.2) is 0 Å². The standard InChI is InChI=1S/2C28H63Si3.Sm/c2*1-10-19-29(20-11-2,21-12-3)28(30(22-13-4,23-14-5)24-15-6)31(25-16-7,26-17-8)27-18-9;/h2*10-27H2,1-9H3;. The Morgan fingerprint density at radius 3 is 0.317 bits per heavy atom. The summed E-state index contributed by atoms with van der Waals surface area (Å²) in [5.74, 6) is 0. The summed E-state index contributed by atoms with van der Waals surface area (Å²) in [6.07, 6.45) is 27.1. The fourth-order valence-corrected chi connectivity index (χ4v) is 133. The van der Waals surface area contributed by atoms with Crippen molar-refractivity contribution in [2.75, 3.05) is 0 Å². The molecule has 7 heteroatoms. The number of hydrogen-bond acceptors (Lipinski definition) is 0. The van der Waals surface area contributed by atoms with Crippen molar-refractivity contribution < 1.29 is 36.3 Å². The Kier molecular flexibility index (Phi) is 35.5. The van der Waals surface area contributed by atoms with Crippen molar-refractivity contribution >= 4 is 48.4 Å². The maximum atomic E-state index is 2.75. The van der Waals surface area contributed by atoms with Crippen LogP contribution in [0.2, 0.25) is 109 Å². The molecule has 0 amide bonds. The van der Waals surface area contributed by atoms with E-state index >= 15 is 0 Å². The van der Waals surface area contributed by atoms with Gasteiger partial charge in [-0.2, -0.15) is 0 Å². The molecular formula is C56H126Si6Sm. The van der Waals surface area contributed by atoms with Crippen LogP contribution in [0.5, 0.6) is 0 Å². The summed E-state index contributed by atoms with van der Waals surface area (Å²) in [5.41, 5.74) is 0. The first kappa shape index (κ1) is 65.6. The van der Waals surface area contributed by atoms with Crippen LogP contribution in [0.1, 0.15) is 240 Å². The molecule has 0 radical (unpaired) electrons. The predicted molar refractivity (Wildman–Crippen MR) is 312 cm³/mol. The van der Waals surface area contributed by atoms with Crippen LogP contribution >= 0.6 is 0 Å². The van der Waals surface area contributed by atoms with E-state index in [4.69, 9.17) is 0 Å². The molecule has 0 nitrogen and oxygen atoms in total. The van der Waals surface area contributed by atoms with Gasteiger partial charge >= 0.3 is 434 Å². The fourth-order valence-electron chi connectivity index (χ4n) is 18.3. The molecule has 0 bridgehead atoms. The quantitative estimate of drug-likeness (QED) is 0.0534. The maximum absolute atomic E-state index is 2.75. The summed E-state index contributed by atoms with van der Waals surface area (Å²) in [6.45, 7) is 49.5. The first-order chi connectivity index (χ1) is 30.3. The molecule has 380 valence electrons. The molecule has 0 aliphatic rings. The number of hydrogen-bond donors (Lipinski definition) is 0. The van der Waals surface area contributed by atoms with Crippen LogP contribution in [0.25, 0.3) is 0 Å². The molecule has 0 aromatic rings. The normalized spacial score (nSPS) is 14.0. The Labute approximate surface area is 429 Å². The van der Waals surface area contributed by atoms with Gasteiger partial charge < -0.3 is 0 Å². The first-order valence-electron chi connectivity index (χ1n) is 30.0. The zero-order valence-electron chi connectivity index (χ0n) is 47.9. The summed E-state index contributed by atoms with van der Waals surface area (Å²) in [4.78, 5) is 0. The van der Waals surface area contributed by atoms with Gasteiger partial charge in [-0.05, 0) is 0 Å². The van der Waals surface area contributed by atoms with E-state index in [2.05, 4.69) is 125 Å². The Morgan fingerprint density at radius 2 is 0.254 bits per heavy atom. The number of rotatable bonds is 44. The second-order valence-electron chi connectivity index (χ2n) is 22.6. The minimum absolute atomic E-state index is 0.924. The molecule has 0 N–H and O–H groups in total. The van der Waals surface area contributed by atoms with Crippen LogP contribution in [0, 0.1) is 36.3 Å². The van der Waals surface area contributed by atoms with Gasteiger partial charge in [0.15, 0.2) is 0 Å². The van der Waals surface area contributed by atoms with Crippen molar-refractivity contribution in [3.63, 3.8) is 0 Å². The van der Waals surface area contributed by atoms with E-state index in [-0.39, 0.29) is 0 Å². The molecule has 0 unspecified atom stereocenters. The Bertz CT molecular complexity index is 794. The van der Waals surface area contributed by atoms with Gasteiger partial charge in [0.05, 0.1) is 0 Å². The van der Waals surface area contributed by atoms with E-state index in [0.29, 0.717) is 0 Å². The summed E-state index contributed by atoms with van der Waals surface area (Å²) in [7, 11) is -11.1. The Hall–Kier alpha value is 2.64. The van der Waals surface area contributed by atoms with Crippen molar-refractivity contribution in [1.29, 1.82) is 0 Å². The second kappa shape index (κ2) is 34.1. The molecule has 0 aromatic heterocycles. The van der Waals surface area contributed by atoms with E-state index < -0.39 is 84.7 Å². The fraction of sp³-hybridized carbons (Fsp3) is 1.00. The molecule has 0 heterocycles. The molecule has 0 saturated heterocycles. The van der Waals surface area contributed by atoms with Crippen molar-refractivity contribution in [3.8, 4) is 0 Å². The molecular weight excluding hydrogens is 991 g/mol. The van der Waals surface area contributed by atoms with Crippen LogP contribution < -0.4 is 0 Å². The zero-order valence-corrected chi connectivity index (χ0v) is 56.5. The third kappa shape index (κ3) is 14.0. The van der Waals surface area contributed by atoms with Gasteiger partial charge in [-0.3, -0.25) is 0 Å². The van der Waals surface area contributed by atoms with Crippen LogP contribution in [-0.4, -0.2) is 48.4 Å². The van der Waals surface area contributed by atoms with Crippen LogP contribution in [-0.2, 0) is 0 Å². The molecule has 0 fully saturated rings. The third-order valence-electron chi connectivity index (χ3n) is 17.9. The molecule has 0 spiro atoms. The molecule has 0 aliphatic carbocycles. The van der Waals surface area contributed by atoms with Gasteiger partial charge in [-0.1, -0.05) is 0 Å². The molecule has 0 atom stereocenters.